The summed E-state index contributed by atoms with van der Waals surface area (Å²) in [6.07, 6.45) is 0. The van der Waals surface area contributed by atoms with Crippen LogP contribution in [0.1, 0.15) is 17.2 Å². The standard InChI is InChI=1S/C14H13BrFNO/c1-18-13-7-4-10(8-12(13)16)14(17)9-2-5-11(15)6-3-9/h2-8,14H,17H2,1H3. The van der Waals surface area contributed by atoms with Crippen molar-refractivity contribution in [1.29, 1.82) is 0 Å². The quantitative estimate of drug-likeness (QED) is 0.939. The van der Waals surface area contributed by atoms with Crippen LogP contribution in [0.4, 0.5) is 4.39 Å². The lowest BCUT2D eigenvalue weighted by Crippen LogP contribution is -2.12. The first-order valence-electron chi connectivity index (χ1n) is 5.46. The third-order valence-electron chi connectivity index (χ3n) is 2.76. The molecule has 2 nitrogen and oxygen atoms in total. The van der Waals surface area contributed by atoms with Crippen LogP contribution in [-0.2, 0) is 0 Å². The van der Waals surface area contributed by atoms with E-state index in [-0.39, 0.29) is 11.8 Å². The fourth-order valence-corrected chi connectivity index (χ4v) is 2.00. The Balaban J connectivity index is 2.31. The number of methoxy groups -OCH3 is 1. The molecule has 0 aliphatic rings. The largest absolute Gasteiger partial charge is 0.494 e. The van der Waals surface area contributed by atoms with Crippen LogP contribution in [0.15, 0.2) is 46.9 Å². The number of hydrogen-bond acceptors (Lipinski definition) is 2. The minimum absolute atomic E-state index is 0.224. The van der Waals surface area contributed by atoms with E-state index in [9.17, 15) is 4.39 Å². The molecule has 2 aromatic rings. The van der Waals surface area contributed by atoms with Gasteiger partial charge in [0, 0.05) is 4.47 Å². The number of rotatable bonds is 3. The first-order valence-corrected chi connectivity index (χ1v) is 6.25. The Morgan fingerprint density at radius 3 is 2.28 bits per heavy atom. The van der Waals surface area contributed by atoms with Crippen molar-refractivity contribution in [3.8, 4) is 5.75 Å². The molecule has 0 amide bonds. The van der Waals surface area contributed by atoms with E-state index in [1.807, 2.05) is 24.3 Å². The second kappa shape index (κ2) is 5.50. The molecule has 0 fully saturated rings. The minimum Gasteiger partial charge on any atom is -0.494 e. The van der Waals surface area contributed by atoms with Crippen molar-refractivity contribution in [2.75, 3.05) is 7.11 Å². The molecule has 1 unspecified atom stereocenters. The zero-order chi connectivity index (χ0) is 13.1. The molecule has 2 aromatic carbocycles. The maximum absolute atomic E-state index is 13.6. The van der Waals surface area contributed by atoms with Gasteiger partial charge in [0.2, 0.25) is 0 Å². The molecule has 4 heteroatoms. The Hall–Kier alpha value is -1.39. The van der Waals surface area contributed by atoms with Gasteiger partial charge in [0.15, 0.2) is 11.6 Å². The van der Waals surface area contributed by atoms with Gasteiger partial charge in [-0.15, -0.1) is 0 Å². The highest BCUT2D eigenvalue weighted by Crippen LogP contribution is 2.25. The van der Waals surface area contributed by atoms with Gasteiger partial charge in [0.1, 0.15) is 0 Å². The molecule has 0 saturated heterocycles. The molecule has 0 radical (unpaired) electrons. The van der Waals surface area contributed by atoms with Gasteiger partial charge in [-0.25, -0.2) is 4.39 Å². The second-order valence-corrected chi connectivity index (χ2v) is 4.84. The average Bonchev–Trinajstić information content (AvgIpc) is 2.38. The SMILES string of the molecule is COc1ccc(C(N)c2ccc(Br)cc2)cc1F. The molecule has 0 aromatic heterocycles. The summed E-state index contributed by atoms with van der Waals surface area (Å²) in [6, 6.07) is 12.1. The molecule has 18 heavy (non-hydrogen) atoms. The summed E-state index contributed by atoms with van der Waals surface area (Å²) in [4.78, 5) is 0. The third kappa shape index (κ3) is 2.71. The summed E-state index contributed by atoms with van der Waals surface area (Å²) < 4.78 is 19.5. The molecule has 0 saturated carbocycles. The van der Waals surface area contributed by atoms with Crippen molar-refractivity contribution >= 4 is 15.9 Å². The fraction of sp³-hybridized carbons (Fsp3) is 0.143. The normalized spacial score (nSPS) is 12.2. The van der Waals surface area contributed by atoms with Crippen molar-refractivity contribution in [1.82, 2.24) is 0 Å². The summed E-state index contributed by atoms with van der Waals surface area (Å²) >= 11 is 3.36. The van der Waals surface area contributed by atoms with E-state index in [1.165, 1.54) is 13.2 Å². The number of halogens is 2. The minimum atomic E-state index is -0.400. The Bertz CT molecular complexity index is 542. The molecule has 0 heterocycles. The van der Waals surface area contributed by atoms with Gasteiger partial charge in [-0.2, -0.15) is 0 Å². The van der Waals surface area contributed by atoms with Crippen molar-refractivity contribution in [2.24, 2.45) is 5.73 Å². The van der Waals surface area contributed by atoms with Gasteiger partial charge < -0.3 is 10.5 Å². The predicted octanol–water partition coefficient (Wildman–Crippen LogP) is 3.64. The van der Waals surface area contributed by atoms with E-state index in [4.69, 9.17) is 10.5 Å². The van der Waals surface area contributed by atoms with Gasteiger partial charge in [0.05, 0.1) is 13.2 Å². The molecule has 94 valence electrons. The molecule has 0 aliphatic carbocycles. The number of nitrogens with two attached hydrogens (primary N) is 1. The lowest BCUT2D eigenvalue weighted by molar-refractivity contribution is 0.386. The summed E-state index contributed by atoms with van der Waals surface area (Å²) in [5.41, 5.74) is 7.76. The summed E-state index contributed by atoms with van der Waals surface area (Å²) in [7, 11) is 1.44. The van der Waals surface area contributed by atoms with Crippen LogP contribution < -0.4 is 10.5 Å². The van der Waals surface area contributed by atoms with Gasteiger partial charge in [0.25, 0.3) is 0 Å². The Kier molecular flexibility index (Phi) is 3.99. The number of ether oxygens (including phenoxy) is 1. The van der Waals surface area contributed by atoms with Gasteiger partial charge in [-0.05, 0) is 35.4 Å². The highest BCUT2D eigenvalue weighted by atomic mass is 79.9. The molecule has 2 rings (SSSR count). The molecular formula is C14H13BrFNO. The van der Waals surface area contributed by atoms with Crippen LogP contribution in [0.2, 0.25) is 0 Å². The topological polar surface area (TPSA) is 35.2 Å². The average molecular weight is 310 g/mol. The van der Waals surface area contributed by atoms with E-state index in [2.05, 4.69) is 15.9 Å². The maximum Gasteiger partial charge on any atom is 0.165 e. The van der Waals surface area contributed by atoms with Crippen LogP contribution in [-0.4, -0.2) is 7.11 Å². The summed E-state index contributed by atoms with van der Waals surface area (Å²) in [5.74, 6) is -0.177. The highest BCUT2D eigenvalue weighted by molar-refractivity contribution is 9.10. The van der Waals surface area contributed by atoms with Gasteiger partial charge >= 0.3 is 0 Å². The van der Waals surface area contributed by atoms with E-state index >= 15 is 0 Å². The van der Waals surface area contributed by atoms with Crippen molar-refractivity contribution in [3.63, 3.8) is 0 Å². The molecule has 2 N–H and O–H groups in total. The Morgan fingerprint density at radius 2 is 1.72 bits per heavy atom. The van der Waals surface area contributed by atoms with Crippen molar-refractivity contribution < 1.29 is 9.13 Å². The molecule has 0 bridgehead atoms. The van der Waals surface area contributed by atoms with Crippen LogP contribution >= 0.6 is 15.9 Å². The Morgan fingerprint density at radius 1 is 1.11 bits per heavy atom. The number of benzene rings is 2. The van der Waals surface area contributed by atoms with E-state index in [1.54, 1.807) is 12.1 Å². The second-order valence-electron chi connectivity index (χ2n) is 3.92. The Labute approximate surface area is 114 Å². The van der Waals surface area contributed by atoms with Crippen molar-refractivity contribution in [2.45, 2.75) is 6.04 Å². The van der Waals surface area contributed by atoms with Crippen molar-refractivity contribution in [3.05, 3.63) is 63.9 Å². The van der Waals surface area contributed by atoms with Crippen LogP contribution in [0.3, 0.4) is 0 Å². The maximum atomic E-state index is 13.6. The molecular weight excluding hydrogens is 297 g/mol. The van der Waals surface area contributed by atoms with Crippen LogP contribution in [0.25, 0.3) is 0 Å². The van der Waals surface area contributed by atoms with E-state index in [0.717, 1.165) is 15.6 Å². The smallest absolute Gasteiger partial charge is 0.165 e. The third-order valence-corrected chi connectivity index (χ3v) is 3.29. The summed E-state index contributed by atoms with van der Waals surface area (Å²) in [5, 5.41) is 0. The molecule has 1 atom stereocenters. The zero-order valence-corrected chi connectivity index (χ0v) is 11.4. The molecule has 0 spiro atoms. The fourth-order valence-electron chi connectivity index (χ4n) is 1.74. The summed E-state index contributed by atoms with van der Waals surface area (Å²) in [6.45, 7) is 0. The van der Waals surface area contributed by atoms with E-state index in [0.29, 0.717) is 0 Å². The van der Waals surface area contributed by atoms with Gasteiger partial charge in [-0.1, -0.05) is 34.1 Å². The monoisotopic (exact) mass is 309 g/mol. The van der Waals surface area contributed by atoms with Gasteiger partial charge in [-0.3, -0.25) is 0 Å². The zero-order valence-electron chi connectivity index (χ0n) is 9.86. The van der Waals surface area contributed by atoms with Crippen LogP contribution in [0, 0.1) is 5.82 Å². The first-order chi connectivity index (χ1) is 8.61. The molecule has 0 aliphatic heterocycles. The first kappa shape index (κ1) is 13.1. The predicted molar refractivity (Wildman–Crippen MR) is 73.1 cm³/mol. The number of hydrogen-bond donors (Lipinski definition) is 1. The highest BCUT2D eigenvalue weighted by Gasteiger charge is 2.11. The van der Waals surface area contributed by atoms with Crippen LogP contribution in [0.5, 0.6) is 5.75 Å². The lowest BCUT2D eigenvalue weighted by atomic mass is 9.99. The van der Waals surface area contributed by atoms with E-state index < -0.39 is 5.82 Å². The lowest BCUT2D eigenvalue weighted by Gasteiger charge is -2.13.